The lowest BCUT2D eigenvalue weighted by Gasteiger charge is -2.10. The number of hydrogen-bond donors (Lipinski definition) is 2. The molecule has 0 radical (unpaired) electrons. The van der Waals surface area contributed by atoms with Crippen LogP contribution in [0, 0.1) is 13.8 Å². The number of carbonyl (C=O) groups excluding carboxylic acids is 1. The lowest BCUT2D eigenvalue weighted by atomic mass is 10.2. The lowest BCUT2D eigenvalue weighted by molar-refractivity contribution is -0.117. The van der Waals surface area contributed by atoms with Crippen LogP contribution in [0.15, 0.2) is 0 Å². The second-order valence-corrected chi connectivity index (χ2v) is 3.69. The van der Waals surface area contributed by atoms with Crippen molar-refractivity contribution in [2.24, 2.45) is 12.8 Å². The molecule has 1 aromatic rings. The van der Waals surface area contributed by atoms with Crippen molar-refractivity contribution in [3.8, 4) is 0 Å². The molecule has 0 aliphatic carbocycles. The normalized spacial score (nSPS) is 11.8. The summed E-state index contributed by atoms with van der Waals surface area (Å²) in [4.78, 5) is 11.6. The van der Waals surface area contributed by atoms with Gasteiger partial charge >= 0.3 is 0 Å². The van der Waals surface area contributed by atoms with Crippen LogP contribution in [-0.2, 0) is 11.8 Å². The molecule has 92 valence electrons. The fourth-order valence-corrected chi connectivity index (χ4v) is 1.33. The van der Waals surface area contributed by atoms with E-state index in [9.17, 15) is 4.79 Å². The van der Waals surface area contributed by atoms with Gasteiger partial charge in [-0.05, 0) is 20.3 Å². The number of anilines is 1. The van der Waals surface area contributed by atoms with Gasteiger partial charge in [0, 0.05) is 12.6 Å². The predicted octanol–water partition coefficient (Wildman–Crippen LogP) is 1.13. The number of hydrogen-bond acceptors (Lipinski definition) is 3. The molecule has 1 rings (SSSR count). The summed E-state index contributed by atoms with van der Waals surface area (Å²) >= 11 is 0. The second kappa shape index (κ2) is 5.86. The minimum Gasteiger partial charge on any atom is -0.320 e. The zero-order valence-corrected chi connectivity index (χ0v) is 10.9. The van der Waals surface area contributed by atoms with Gasteiger partial charge in [0.05, 0.1) is 11.7 Å². The third-order valence-electron chi connectivity index (χ3n) is 2.54. The van der Waals surface area contributed by atoms with Crippen LogP contribution in [0.5, 0.6) is 0 Å². The van der Waals surface area contributed by atoms with E-state index in [-0.39, 0.29) is 18.3 Å². The van der Waals surface area contributed by atoms with E-state index < -0.39 is 6.04 Å². The molecule has 0 unspecified atom stereocenters. The molecule has 0 saturated heterocycles. The molecular formula is C10H19ClN4O. The van der Waals surface area contributed by atoms with Crippen molar-refractivity contribution in [2.45, 2.75) is 33.2 Å². The fourth-order valence-electron chi connectivity index (χ4n) is 1.33. The van der Waals surface area contributed by atoms with E-state index in [1.54, 1.807) is 11.7 Å². The van der Waals surface area contributed by atoms with E-state index in [0.717, 1.165) is 17.1 Å². The van der Waals surface area contributed by atoms with Gasteiger partial charge in [0.25, 0.3) is 0 Å². The highest BCUT2D eigenvalue weighted by Gasteiger charge is 2.15. The van der Waals surface area contributed by atoms with Crippen molar-refractivity contribution < 1.29 is 4.79 Å². The van der Waals surface area contributed by atoms with Crippen molar-refractivity contribution in [1.29, 1.82) is 0 Å². The van der Waals surface area contributed by atoms with Crippen molar-refractivity contribution in [2.75, 3.05) is 5.32 Å². The van der Waals surface area contributed by atoms with E-state index in [1.807, 2.05) is 20.8 Å². The number of aryl methyl sites for hydroxylation is 2. The number of carbonyl (C=O) groups is 1. The summed E-state index contributed by atoms with van der Waals surface area (Å²) < 4.78 is 1.66. The Morgan fingerprint density at radius 2 is 2.12 bits per heavy atom. The highest BCUT2D eigenvalue weighted by atomic mass is 35.5. The van der Waals surface area contributed by atoms with Crippen LogP contribution in [0.25, 0.3) is 0 Å². The summed E-state index contributed by atoms with van der Waals surface area (Å²) in [5.41, 5.74) is 7.52. The zero-order chi connectivity index (χ0) is 11.6. The van der Waals surface area contributed by atoms with Gasteiger partial charge in [-0.25, -0.2) is 0 Å². The van der Waals surface area contributed by atoms with Gasteiger partial charge in [0.15, 0.2) is 0 Å². The maximum absolute atomic E-state index is 11.6. The highest BCUT2D eigenvalue weighted by Crippen LogP contribution is 2.16. The first-order valence-electron chi connectivity index (χ1n) is 5.04. The highest BCUT2D eigenvalue weighted by molar-refractivity contribution is 5.94. The fraction of sp³-hybridized carbons (Fsp3) is 0.600. The first-order valence-corrected chi connectivity index (χ1v) is 5.04. The number of nitrogens with zero attached hydrogens (tertiary/aromatic N) is 2. The van der Waals surface area contributed by atoms with Crippen LogP contribution >= 0.6 is 12.4 Å². The molecule has 1 atom stereocenters. The lowest BCUT2D eigenvalue weighted by Crippen LogP contribution is -2.35. The summed E-state index contributed by atoms with van der Waals surface area (Å²) in [5, 5.41) is 7.00. The molecule has 0 bridgehead atoms. The number of nitrogens with one attached hydrogen (secondary N) is 1. The molecule has 1 heterocycles. The zero-order valence-electron chi connectivity index (χ0n) is 10.1. The van der Waals surface area contributed by atoms with Crippen LogP contribution in [0.4, 0.5) is 5.82 Å². The molecule has 5 nitrogen and oxygen atoms in total. The first-order chi connectivity index (χ1) is 6.97. The Balaban J connectivity index is 0.00000225. The molecule has 0 fully saturated rings. The Morgan fingerprint density at radius 3 is 2.50 bits per heavy atom. The Labute approximate surface area is 102 Å². The average molecular weight is 247 g/mol. The smallest absolute Gasteiger partial charge is 0.242 e. The number of rotatable bonds is 3. The average Bonchev–Trinajstić information content (AvgIpc) is 2.43. The van der Waals surface area contributed by atoms with Gasteiger partial charge in [-0.15, -0.1) is 12.4 Å². The van der Waals surface area contributed by atoms with Crippen molar-refractivity contribution >= 4 is 24.1 Å². The molecule has 1 aromatic heterocycles. The topological polar surface area (TPSA) is 72.9 Å². The quantitative estimate of drug-likeness (QED) is 0.840. The largest absolute Gasteiger partial charge is 0.320 e. The minimum atomic E-state index is -0.459. The summed E-state index contributed by atoms with van der Waals surface area (Å²) in [7, 11) is 1.80. The molecule has 16 heavy (non-hydrogen) atoms. The Bertz CT molecular complexity index is 375. The standard InChI is InChI=1S/C10H18N4O.ClH/c1-5-8(11)10(15)12-9-6(2)7(3)13-14(9)4;/h8H,5,11H2,1-4H3,(H,12,15);1H/t8-;/m0./s1. The third-order valence-corrected chi connectivity index (χ3v) is 2.54. The van der Waals surface area contributed by atoms with E-state index in [2.05, 4.69) is 10.4 Å². The van der Waals surface area contributed by atoms with E-state index in [4.69, 9.17) is 5.73 Å². The predicted molar refractivity (Wildman–Crippen MR) is 66.8 cm³/mol. The Kier molecular flexibility index (Phi) is 5.47. The van der Waals surface area contributed by atoms with Crippen LogP contribution < -0.4 is 11.1 Å². The van der Waals surface area contributed by atoms with Gasteiger partial charge in [0.2, 0.25) is 5.91 Å². The molecule has 0 aliphatic heterocycles. The van der Waals surface area contributed by atoms with Gasteiger partial charge in [-0.1, -0.05) is 6.92 Å². The molecule has 3 N–H and O–H groups in total. The summed E-state index contributed by atoms with van der Waals surface area (Å²) in [6.07, 6.45) is 0.627. The first kappa shape index (κ1) is 14.9. The molecule has 0 saturated carbocycles. The van der Waals surface area contributed by atoms with Crippen LogP contribution in [0.1, 0.15) is 24.6 Å². The van der Waals surface area contributed by atoms with Gasteiger partial charge in [-0.2, -0.15) is 5.10 Å². The molecule has 0 spiro atoms. The Hall–Kier alpha value is -1.07. The van der Waals surface area contributed by atoms with E-state index >= 15 is 0 Å². The van der Waals surface area contributed by atoms with Crippen molar-refractivity contribution in [3.05, 3.63) is 11.3 Å². The van der Waals surface area contributed by atoms with Crippen molar-refractivity contribution in [1.82, 2.24) is 9.78 Å². The molecule has 1 amide bonds. The van der Waals surface area contributed by atoms with Crippen molar-refractivity contribution in [3.63, 3.8) is 0 Å². The minimum absolute atomic E-state index is 0. The summed E-state index contributed by atoms with van der Waals surface area (Å²) in [6.45, 7) is 5.71. The number of aromatic nitrogens is 2. The third kappa shape index (κ3) is 2.96. The molecule has 0 aromatic carbocycles. The van der Waals surface area contributed by atoms with E-state index in [1.165, 1.54) is 0 Å². The summed E-state index contributed by atoms with van der Waals surface area (Å²) in [6, 6.07) is -0.459. The monoisotopic (exact) mass is 246 g/mol. The molecule has 0 aliphatic rings. The second-order valence-electron chi connectivity index (χ2n) is 3.69. The van der Waals surface area contributed by atoms with Crippen LogP contribution in [0.2, 0.25) is 0 Å². The maximum atomic E-state index is 11.6. The van der Waals surface area contributed by atoms with Gasteiger partial charge in [-0.3, -0.25) is 9.48 Å². The van der Waals surface area contributed by atoms with Crippen LogP contribution in [0.3, 0.4) is 0 Å². The molecule has 6 heteroatoms. The number of amides is 1. The number of halogens is 1. The van der Waals surface area contributed by atoms with E-state index in [0.29, 0.717) is 6.42 Å². The summed E-state index contributed by atoms with van der Waals surface area (Å²) in [5.74, 6) is 0.560. The van der Waals surface area contributed by atoms with Crippen LogP contribution in [-0.4, -0.2) is 21.7 Å². The van der Waals surface area contributed by atoms with Gasteiger partial charge in [0.1, 0.15) is 5.82 Å². The molecular weight excluding hydrogens is 228 g/mol. The van der Waals surface area contributed by atoms with Gasteiger partial charge < -0.3 is 11.1 Å². The number of nitrogens with two attached hydrogens (primary N) is 1. The Morgan fingerprint density at radius 1 is 1.56 bits per heavy atom. The maximum Gasteiger partial charge on any atom is 0.242 e. The SMILES string of the molecule is CC[C@H](N)C(=O)Nc1c(C)c(C)nn1C.Cl.